The van der Waals surface area contributed by atoms with Crippen LogP contribution >= 0.6 is 11.3 Å². The highest BCUT2D eigenvalue weighted by molar-refractivity contribution is 7.17. The van der Waals surface area contributed by atoms with Crippen LogP contribution in [0.15, 0.2) is 0 Å². The van der Waals surface area contributed by atoms with Gasteiger partial charge in [0, 0.05) is 32.2 Å². The Bertz CT molecular complexity index is 467. The number of aryl methyl sites for hydroxylation is 1. The molecule has 1 atom stereocenters. The number of carbonyl (C=O) groups is 1. The summed E-state index contributed by atoms with van der Waals surface area (Å²) in [6.07, 6.45) is 1.84. The fourth-order valence-electron chi connectivity index (χ4n) is 2.49. The lowest BCUT2D eigenvalue weighted by Gasteiger charge is -2.37. The Kier molecular flexibility index (Phi) is 4.99. The molecule has 1 aromatic heterocycles. The largest absolute Gasteiger partial charge is 0.477 e. The van der Waals surface area contributed by atoms with Crippen molar-refractivity contribution in [2.75, 3.05) is 31.1 Å². The summed E-state index contributed by atoms with van der Waals surface area (Å²) >= 11 is 1.31. The van der Waals surface area contributed by atoms with E-state index in [-0.39, 0.29) is 0 Å². The number of aromatic carboxylic acids is 1. The van der Waals surface area contributed by atoms with Crippen molar-refractivity contribution in [1.82, 2.24) is 9.88 Å². The molecule has 5 nitrogen and oxygen atoms in total. The first-order valence-electron chi connectivity index (χ1n) is 7.28. The normalized spacial score (nSPS) is 18.2. The van der Waals surface area contributed by atoms with Crippen LogP contribution in [0.3, 0.4) is 0 Å². The van der Waals surface area contributed by atoms with E-state index in [0.29, 0.717) is 23.0 Å². The Labute approximate surface area is 124 Å². The van der Waals surface area contributed by atoms with Gasteiger partial charge in [0.1, 0.15) is 4.88 Å². The summed E-state index contributed by atoms with van der Waals surface area (Å²) in [4.78, 5) is 20.8. The van der Waals surface area contributed by atoms with Gasteiger partial charge in [-0.3, -0.25) is 4.90 Å². The minimum Gasteiger partial charge on any atom is -0.477 e. The Hall–Kier alpha value is -1.14. The predicted octanol–water partition coefficient (Wildman–Crippen LogP) is 2.32. The molecule has 0 aliphatic carbocycles. The first kappa shape index (κ1) is 15.3. The van der Waals surface area contributed by atoms with Gasteiger partial charge in [-0.05, 0) is 19.8 Å². The van der Waals surface area contributed by atoms with Gasteiger partial charge < -0.3 is 10.0 Å². The van der Waals surface area contributed by atoms with Gasteiger partial charge in [0.25, 0.3) is 0 Å². The SMILES string of the molecule is CCc1nc(N2CCN(C(C)CC)CC2)sc1C(=O)O. The molecule has 1 N–H and O–H groups in total. The van der Waals surface area contributed by atoms with Crippen LogP contribution in [0.2, 0.25) is 0 Å². The van der Waals surface area contributed by atoms with Crippen LogP contribution < -0.4 is 4.90 Å². The topological polar surface area (TPSA) is 56.7 Å². The van der Waals surface area contributed by atoms with Crippen molar-refractivity contribution in [2.24, 2.45) is 0 Å². The van der Waals surface area contributed by atoms with Gasteiger partial charge in [0.2, 0.25) is 0 Å². The highest BCUT2D eigenvalue weighted by Gasteiger charge is 2.24. The number of nitrogens with zero attached hydrogens (tertiary/aromatic N) is 3. The second-order valence-corrected chi connectivity index (χ2v) is 6.19. The van der Waals surface area contributed by atoms with E-state index < -0.39 is 5.97 Å². The summed E-state index contributed by atoms with van der Waals surface area (Å²) in [5.41, 5.74) is 0.710. The summed E-state index contributed by atoms with van der Waals surface area (Å²) in [5.74, 6) is -0.858. The molecule has 1 aliphatic heterocycles. The van der Waals surface area contributed by atoms with Crippen molar-refractivity contribution in [2.45, 2.75) is 39.7 Å². The zero-order valence-electron chi connectivity index (χ0n) is 12.4. The number of hydrogen-bond donors (Lipinski definition) is 1. The second kappa shape index (κ2) is 6.54. The number of rotatable bonds is 5. The number of anilines is 1. The Morgan fingerprint density at radius 1 is 1.35 bits per heavy atom. The van der Waals surface area contributed by atoms with Crippen molar-refractivity contribution in [3.8, 4) is 0 Å². The molecule has 1 aromatic rings. The molecule has 0 radical (unpaired) electrons. The number of carboxylic acids is 1. The number of piperazine rings is 1. The minimum atomic E-state index is -0.858. The molecule has 112 valence electrons. The Morgan fingerprint density at radius 2 is 2.00 bits per heavy atom. The highest BCUT2D eigenvalue weighted by Crippen LogP contribution is 2.28. The molecule has 0 saturated carbocycles. The average Bonchev–Trinajstić information content (AvgIpc) is 2.91. The zero-order valence-corrected chi connectivity index (χ0v) is 13.2. The molecular weight excluding hydrogens is 274 g/mol. The monoisotopic (exact) mass is 297 g/mol. The van der Waals surface area contributed by atoms with Crippen molar-refractivity contribution < 1.29 is 9.90 Å². The quantitative estimate of drug-likeness (QED) is 0.904. The van der Waals surface area contributed by atoms with Gasteiger partial charge in [0.05, 0.1) is 5.69 Å². The van der Waals surface area contributed by atoms with Crippen molar-refractivity contribution in [3.63, 3.8) is 0 Å². The van der Waals surface area contributed by atoms with Gasteiger partial charge in [-0.1, -0.05) is 25.2 Å². The fourth-order valence-corrected chi connectivity index (χ4v) is 3.54. The summed E-state index contributed by atoms with van der Waals surface area (Å²) in [7, 11) is 0. The average molecular weight is 297 g/mol. The third-order valence-electron chi connectivity index (χ3n) is 4.01. The van der Waals surface area contributed by atoms with Crippen LogP contribution in [0, 0.1) is 0 Å². The van der Waals surface area contributed by atoms with E-state index in [1.165, 1.54) is 17.8 Å². The van der Waals surface area contributed by atoms with Gasteiger partial charge >= 0.3 is 5.97 Å². The zero-order chi connectivity index (χ0) is 14.7. The summed E-state index contributed by atoms with van der Waals surface area (Å²) in [6.45, 7) is 10.3. The predicted molar refractivity (Wildman–Crippen MR) is 82.0 cm³/mol. The maximum absolute atomic E-state index is 11.2. The van der Waals surface area contributed by atoms with Crippen molar-refractivity contribution in [3.05, 3.63) is 10.6 Å². The molecule has 1 fully saturated rings. The summed E-state index contributed by atoms with van der Waals surface area (Å²) < 4.78 is 0. The molecule has 0 amide bonds. The number of thiazole rings is 1. The third-order valence-corrected chi connectivity index (χ3v) is 5.16. The molecule has 1 saturated heterocycles. The maximum atomic E-state index is 11.2. The lowest BCUT2D eigenvalue weighted by Crippen LogP contribution is -2.49. The summed E-state index contributed by atoms with van der Waals surface area (Å²) in [5, 5.41) is 10.1. The fraction of sp³-hybridized carbons (Fsp3) is 0.714. The highest BCUT2D eigenvalue weighted by atomic mass is 32.1. The van der Waals surface area contributed by atoms with Crippen LogP contribution in [0.1, 0.15) is 42.6 Å². The van der Waals surface area contributed by atoms with Crippen LogP contribution in [0.5, 0.6) is 0 Å². The van der Waals surface area contributed by atoms with Crippen LogP contribution in [-0.4, -0.2) is 53.2 Å². The number of aromatic nitrogens is 1. The second-order valence-electron chi connectivity index (χ2n) is 5.21. The van der Waals surface area contributed by atoms with Gasteiger partial charge in [-0.25, -0.2) is 9.78 Å². The molecule has 20 heavy (non-hydrogen) atoms. The van der Waals surface area contributed by atoms with Crippen LogP contribution in [0.4, 0.5) is 5.13 Å². The molecule has 1 aliphatic rings. The van der Waals surface area contributed by atoms with Crippen molar-refractivity contribution >= 4 is 22.4 Å². The van der Waals surface area contributed by atoms with E-state index in [1.54, 1.807) is 0 Å². The molecule has 0 bridgehead atoms. The minimum absolute atomic E-state index is 0.395. The van der Waals surface area contributed by atoms with Gasteiger partial charge in [-0.15, -0.1) is 0 Å². The first-order valence-corrected chi connectivity index (χ1v) is 8.10. The Balaban J connectivity index is 2.05. The van der Waals surface area contributed by atoms with E-state index >= 15 is 0 Å². The number of carboxylic acid groups (broad SMARTS) is 1. The number of hydrogen-bond acceptors (Lipinski definition) is 5. The molecule has 6 heteroatoms. The van der Waals surface area contributed by atoms with Crippen LogP contribution in [0.25, 0.3) is 0 Å². The van der Waals surface area contributed by atoms with E-state index in [1.807, 2.05) is 6.92 Å². The molecular formula is C14H23N3O2S. The van der Waals surface area contributed by atoms with E-state index in [4.69, 9.17) is 0 Å². The van der Waals surface area contributed by atoms with Crippen molar-refractivity contribution in [1.29, 1.82) is 0 Å². The molecule has 2 heterocycles. The lowest BCUT2D eigenvalue weighted by molar-refractivity contribution is 0.0701. The van der Waals surface area contributed by atoms with E-state index in [9.17, 15) is 9.90 Å². The Morgan fingerprint density at radius 3 is 2.45 bits per heavy atom. The first-order chi connectivity index (χ1) is 9.56. The van der Waals surface area contributed by atoms with Gasteiger partial charge in [0.15, 0.2) is 5.13 Å². The molecule has 0 spiro atoms. The standard InChI is InChI=1S/C14H23N3O2S/c1-4-10(3)16-6-8-17(9-7-16)14-15-11(5-2)12(20-14)13(18)19/h10H,4-9H2,1-3H3,(H,18,19). The third kappa shape index (κ3) is 3.12. The molecule has 1 unspecified atom stereocenters. The van der Waals surface area contributed by atoms with E-state index in [0.717, 1.165) is 31.3 Å². The smallest absolute Gasteiger partial charge is 0.347 e. The maximum Gasteiger partial charge on any atom is 0.347 e. The lowest BCUT2D eigenvalue weighted by atomic mass is 10.2. The van der Waals surface area contributed by atoms with Gasteiger partial charge in [-0.2, -0.15) is 0 Å². The summed E-state index contributed by atoms with van der Waals surface area (Å²) in [6, 6.07) is 0.620. The van der Waals surface area contributed by atoms with Crippen LogP contribution in [-0.2, 0) is 6.42 Å². The van der Waals surface area contributed by atoms with E-state index in [2.05, 4.69) is 28.6 Å². The molecule has 0 aromatic carbocycles. The molecule has 2 rings (SSSR count).